The van der Waals surface area contributed by atoms with Crippen molar-refractivity contribution in [3.8, 4) is 0 Å². The van der Waals surface area contributed by atoms with Crippen molar-refractivity contribution in [1.29, 1.82) is 0 Å². The van der Waals surface area contributed by atoms with Crippen LogP contribution in [0.4, 0.5) is 0 Å². The van der Waals surface area contributed by atoms with Gasteiger partial charge in [-0.1, -0.05) is 122 Å². The van der Waals surface area contributed by atoms with Crippen molar-refractivity contribution in [2.45, 2.75) is 129 Å². The molecule has 6 heteroatoms. The molecule has 0 N–H and O–H groups in total. The molecule has 0 aliphatic carbocycles. The van der Waals surface area contributed by atoms with Gasteiger partial charge in [0.1, 0.15) is 0 Å². The molecule has 30 heavy (non-hydrogen) atoms. The predicted octanol–water partition coefficient (Wildman–Crippen LogP) is 4.70. The van der Waals surface area contributed by atoms with Crippen molar-refractivity contribution < 1.29 is 46.7 Å². The average molecular weight is 455 g/mol. The maximum Gasteiger partial charge on any atom is 1.00 e. The fourth-order valence-corrected chi connectivity index (χ4v) is 3.97. The van der Waals surface area contributed by atoms with Gasteiger partial charge in [0.25, 0.3) is 0 Å². The van der Waals surface area contributed by atoms with E-state index in [1.165, 1.54) is 89.9 Å². The zero-order chi connectivity index (χ0) is 21.6. The molecule has 0 rings (SSSR count). The molecule has 0 radical (unpaired) electrons. The Morgan fingerprint density at radius 1 is 0.733 bits per heavy atom. The van der Waals surface area contributed by atoms with E-state index in [0.717, 1.165) is 25.7 Å². The van der Waals surface area contributed by atoms with Crippen molar-refractivity contribution >= 4 is 10.4 Å². The first-order valence-electron chi connectivity index (χ1n) is 12.3. The van der Waals surface area contributed by atoms with Crippen LogP contribution in [0, 0.1) is 5.92 Å². The molecular formula is C24H47NaO4S. The van der Waals surface area contributed by atoms with Crippen LogP contribution in [0.1, 0.15) is 129 Å². The molecular weight excluding hydrogens is 407 g/mol. The number of hydrogen-bond donors (Lipinski definition) is 0. The fourth-order valence-electron chi connectivity index (χ4n) is 3.63. The Hall–Kier alpha value is 0.610. The molecule has 0 saturated carbocycles. The third-order valence-corrected chi connectivity index (χ3v) is 5.91. The largest absolute Gasteiger partial charge is 1.00 e. The van der Waals surface area contributed by atoms with Crippen molar-refractivity contribution in [2.75, 3.05) is 6.61 Å². The minimum absolute atomic E-state index is 0. The van der Waals surface area contributed by atoms with Gasteiger partial charge in [0.2, 0.25) is 10.4 Å². The molecule has 0 fully saturated rings. The first kappa shape index (κ1) is 32.8. The Bertz CT molecular complexity index is 466. The van der Waals surface area contributed by atoms with Crippen LogP contribution in [0.15, 0.2) is 12.2 Å². The summed E-state index contributed by atoms with van der Waals surface area (Å²) in [6, 6.07) is 0. The maximum atomic E-state index is 10.7. The van der Waals surface area contributed by atoms with Gasteiger partial charge in [0.05, 0.1) is 6.61 Å². The maximum absolute atomic E-state index is 10.7. The molecule has 0 amide bonds. The molecule has 1 atom stereocenters. The topological polar surface area (TPSA) is 66.4 Å². The van der Waals surface area contributed by atoms with Crippen LogP contribution in [0.3, 0.4) is 0 Å². The second-order valence-corrected chi connectivity index (χ2v) is 9.46. The number of rotatable bonds is 22. The summed E-state index contributed by atoms with van der Waals surface area (Å²) in [5, 5.41) is 0. The first-order chi connectivity index (χ1) is 14.0. The van der Waals surface area contributed by atoms with E-state index >= 15 is 0 Å². The summed E-state index contributed by atoms with van der Waals surface area (Å²) >= 11 is 0. The van der Waals surface area contributed by atoms with E-state index in [2.05, 4.69) is 30.2 Å². The second-order valence-electron chi connectivity index (χ2n) is 8.41. The van der Waals surface area contributed by atoms with Gasteiger partial charge in [0, 0.05) is 5.92 Å². The van der Waals surface area contributed by atoms with Crippen molar-refractivity contribution in [1.82, 2.24) is 0 Å². The van der Waals surface area contributed by atoms with Crippen LogP contribution in [0.2, 0.25) is 0 Å². The molecule has 1 unspecified atom stereocenters. The van der Waals surface area contributed by atoms with Crippen LogP contribution in [-0.4, -0.2) is 19.6 Å². The third-order valence-electron chi connectivity index (χ3n) is 5.49. The summed E-state index contributed by atoms with van der Waals surface area (Å²) < 4.78 is 36.6. The standard InChI is InChI=1S/C24H48O4S.Na/c1-3-5-7-9-10-11-12-13-14-15-16-17-18-20-22-24(21-19-8-6-4-2)23-28-29(25,26)27;/h20,22,24H,3-19,21,23H2,1-2H3,(H,25,26,27);/q;+1/p-1/b22-20+;. The Morgan fingerprint density at radius 3 is 1.63 bits per heavy atom. The van der Waals surface area contributed by atoms with Gasteiger partial charge < -0.3 is 4.55 Å². The van der Waals surface area contributed by atoms with Gasteiger partial charge in [-0.2, -0.15) is 0 Å². The van der Waals surface area contributed by atoms with Crippen LogP contribution in [0.5, 0.6) is 0 Å². The molecule has 0 aromatic heterocycles. The minimum atomic E-state index is -4.60. The van der Waals surface area contributed by atoms with Gasteiger partial charge >= 0.3 is 29.6 Å². The molecule has 0 heterocycles. The smallest absolute Gasteiger partial charge is 0.726 e. The van der Waals surface area contributed by atoms with E-state index in [1.807, 2.05) is 0 Å². The number of hydrogen-bond acceptors (Lipinski definition) is 4. The van der Waals surface area contributed by atoms with E-state index in [4.69, 9.17) is 0 Å². The van der Waals surface area contributed by atoms with Crippen molar-refractivity contribution in [3.63, 3.8) is 0 Å². The predicted molar refractivity (Wildman–Crippen MR) is 123 cm³/mol. The number of allylic oxidation sites excluding steroid dienone is 1. The average Bonchev–Trinajstić information content (AvgIpc) is 2.68. The monoisotopic (exact) mass is 454 g/mol. The molecule has 0 aromatic rings. The van der Waals surface area contributed by atoms with Gasteiger partial charge in [-0.25, -0.2) is 8.42 Å². The zero-order valence-corrected chi connectivity index (χ0v) is 23.0. The summed E-state index contributed by atoms with van der Waals surface area (Å²) in [5.74, 6) is 0.0212. The molecule has 0 aliphatic heterocycles. The molecule has 0 bridgehead atoms. The van der Waals surface area contributed by atoms with Gasteiger partial charge in [-0.3, -0.25) is 4.18 Å². The molecule has 174 valence electrons. The SMILES string of the molecule is CCCCCCCCCCCCCC/C=C/C(CCCCCC)COS(=O)(=O)[O-].[Na+]. The van der Waals surface area contributed by atoms with Gasteiger partial charge in [0.15, 0.2) is 0 Å². The fraction of sp³-hybridized carbons (Fsp3) is 0.917. The first-order valence-corrected chi connectivity index (χ1v) is 13.6. The quantitative estimate of drug-likeness (QED) is 0.0782. The Labute approximate surface area is 210 Å². The van der Waals surface area contributed by atoms with Crippen molar-refractivity contribution in [2.24, 2.45) is 5.92 Å². The van der Waals surface area contributed by atoms with Crippen LogP contribution in [-0.2, 0) is 14.6 Å². The summed E-state index contributed by atoms with van der Waals surface area (Å²) in [5.41, 5.74) is 0. The molecule has 4 nitrogen and oxygen atoms in total. The summed E-state index contributed by atoms with van der Waals surface area (Å²) in [6.07, 6.45) is 26.8. The minimum Gasteiger partial charge on any atom is -0.726 e. The van der Waals surface area contributed by atoms with E-state index < -0.39 is 10.4 Å². The Morgan fingerprint density at radius 2 is 1.17 bits per heavy atom. The molecule has 0 spiro atoms. The van der Waals surface area contributed by atoms with E-state index in [9.17, 15) is 13.0 Å². The van der Waals surface area contributed by atoms with Gasteiger partial charge in [-0.05, 0) is 19.3 Å². The summed E-state index contributed by atoms with van der Waals surface area (Å²) in [7, 11) is -4.60. The van der Waals surface area contributed by atoms with E-state index in [1.54, 1.807) is 0 Å². The molecule has 0 saturated heterocycles. The van der Waals surface area contributed by atoms with Gasteiger partial charge in [-0.15, -0.1) is 0 Å². The van der Waals surface area contributed by atoms with Crippen molar-refractivity contribution in [3.05, 3.63) is 12.2 Å². The third kappa shape index (κ3) is 26.6. The molecule has 0 aliphatic rings. The Balaban J connectivity index is 0. The van der Waals surface area contributed by atoms with Crippen LogP contribution < -0.4 is 29.6 Å². The van der Waals surface area contributed by atoms with Crippen LogP contribution in [0.25, 0.3) is 0 Å². The summed E-state index contributed by atoms with van der Waals surface area (Å²) in [4.78, 5) is 0. The zero-order valence-electron chi connectivity index (χ0n) is 20.2. The Kier molecular flexibility index (Phi) is 26.5. The van der Waals surface area contributed by atoms with E-state index in [0.29, 0.717) is 0 Å². The molecule has 0 aromatic carbocycles. The van der Waals surface area contributed by atoms with E-state index in [-0.39, 0.29) is 42.1 Å². The summed E-state index contributed by atoms with van der Waals surface area (Å²) in [6.45, 7) is 4.41. The number of unbranched alkanes of at least 4 members (excludes halogenated alkanes) is 15. The second kappa shape index (κ2) is 24.3. The van der Waals surface area contributed by atoms with Crippen LogP contribution >= 0.6 is 0 Å². The normalized spacial score (nSPS) is 12.9.